The van der Waals surface area contributed by atoms with Gasteiger partial charge in [0.25, 0.3) is 0 Å². The molecule has 10 nitrogen and oxygen atoms in total. The highest BCUT2D eigenvalue weighted by molar-refractivity contribution is 5.66. The number of aryl methyl sites for hydroxylation is 1. The largest absolute Gasteiger partial charge is 0.493 e. The predicted molar refractivity (Wildman–Crippen MR) is 152 cm³/mol. The Morgan fingerprint density at radius 3 is 2.56 bits per heavy atom. The normalized spacial score (nSPS) is 25.9. The van der Waals surface area contributed by atoms with E-state index >= 15 is 0 Å². The van der Waals surface area contributed by atoms with E-state index in [4.69, 9.17) is 34.2 Å². The molecule has 0 aromatic heterocycles. The van der Waals surface area contributed by atoms with Crippen LogP contribution in [-0.4, -0.2) is 75.9 Å². The Balaban J connectivity index is 1.60. The van der Waals surface area contributed by atoms with Gasteiger partial charge in [-0.1, -0.05) is 18.7 Å². The lowest BCUT2D eigenvalue weighted by Crippen LogP contribution is -2.68. The Hall–Kier alpha value is -3.49. The van der Waals surface area contributed by atoms with E-state index in [1.54, 1.807) is 20.3 Å². The van der Waals surface area contributed by atoms with Crippen molar-refractivity contribution in [1.29, 1.82) is 5.26 Å². The summed E-state index contributed by atoms with van der Waals surface area (Å²) < 4.78 is 35.8. The Kier molecular flexibility index (Phi) is 7.24. The molecule has 0 aliphatic carbocycles. The summed E-state index contributed by atoms with van der Waals surface area (Å²) in [6.07, 6.45) is 3.05. The molecule has 2 bridgehead atoms. The average molecular weight is 563 g/mol. The van der Waals surface area contributed by atoms with E-state index in [1.165, 1.54) is 5.56 Å². The second-order valence-electron chi connectivity index (χ2n) is 11.1. The Labute approximate surface area is 241 Å². The molecular weight excluding hydrogens is 524 g/mol. The molecule has 6 rings (SSSR count). The molecule has 1 saturated heterocycles. The maximum atomic E-state index is 10.7. The SMILES string of the molecule is C=CCOc1c(C)c2c(c3c1CC1[C@H]4c5c(cc(C)c(OC)c5OCOC)C[C@H]([C@H](C#N)N1[C@H]3CN)N4C)OCO2. The van der Waals surface area contributed by atoms with E-state index in [-0.39, 0.29) is 37.8 Å². The number of hydrogen-bond donors (Lipinski definition) is 1. The van der Waals surface area contributed by atoms with Crippen LogP contribution in [0.1, 0.15) is 45.5 Å². The molecule has 0 radical (unpaired) electrons. The molecule has 218 valence electrons. The van der Waals surface area contributed by atoms with Crippen molar-refractivity contribution in [2.75, 3.05) is 48.0 Å². The molecule has 4 heterocycles. The molecule has 0 amide bonds. The molecule has 2 aromatic rings. The summed E-state index contributed by atoms with van der Waals surface area (Å²) in [5.74, 6) is 3.55. The van der Waals surface area contributed by atoms with Crippen LogP contribution in [0.5, 0.6) is 28.7 Å². The molecule has 41 heavy (non-hydrogen) atoms. The first-order chi connectivity index (χ1) is 19.9. The number of likely N-dealkylation sites (N-methyl/N-ethyl adjacent to an activating group) is 1. The van der Waals surface area contributed by atoms with Crippen LogP contribution in [0.15, 0.2) is 18.7 Å². The highest BCUT2D eigenvalue weighted by Gasteiger charge is 2.56. The highest BCUT2D eigenvalue weighted by atomic mass is 16.7. The van der Waals surface area contributed by atoms with Crippen molar-refractivity contribution < 1.29 is 28.4 Å². The van der Waals surface area contributed by atoms with Gasteiger partial charge in [-0.15, -0.1) is 0 Å². The topological polar surface area (TPSA) is 112 Å². The van der Waals surface area contributed by atoms with E-state index in [2.05, 4.69) is 35.6 Å². The Morgan fingerprint density at radius 2 is 1.88 bits per heavy atom. The van der Waals surface area contributed by atoms with Crippen molar-refractivity contribution in [2.45, 2.75) is 56.9 Å². The van der Waals surface area contributed by atoms with Gasteiger partial charge in [0.05, 0.1) is 25.3 Å². The number of nitriles is 1. The molecular formula is C31H38N4O6. The summed E-state index contributed by atoms with van der Waals surface area (Å²) in [6, 6.07) is 3.94. The van der Waals surface area contributed by atoms with Gasteiger partial charge in [-0.3, -0.25) is 9.80 Å². The first kappa shape index (κ1) is 27.7. The van der Waals surface area contributed by atoms with Crippen molar-refractivity contribution in [3.05, 3.63) is 52.1 Å². The number of fused-ring (bicyclic) bond motifs is 9. The molecule has 1 unspecified atom stereocenters. The molecule has 0 saturated carbocycles. The summed E-state index contributed by atoms with van der Waals surface area (Å²) in [4.78, 5) is 4.66. The van der Waals surface area contributed by atoms with Crippen LogP contribution in [0.3, 0.4) is 0 Å². The third-order valence-electron chi connectivity index (χ3n) is 9.14. The van der Waals surface area contributed by atoms with Crippen molar-refractivity contribution in [1.82, 2.24) is 9.80 Å². The maximum Gasteiger partial charge on any atom is 0.231 e. The first-order valence-corrected chi connectivity index (χ1v) is 14.0. The van der Waals surface area contributed by atoms with Crippen LogP contribution in [0.2, 0.25) is 0 Å². The van der Waals surface area contributed by atoms with Crippen molar-refractivity contribution in [3.63, 3.8) is 0 Å². The number of nitrogens with zero attached hydrogens (tertiary/aromatic N) is 3. The number of hydrogen-bond acceptors (Lipinski definition) is 10. The van der Waals surface area contributed by atoms with Crippen LogP contribution in [0.4, 0.5) is 0 Å². The molecule has 2 N–H and O–H groups in total. The fraction of sp³-hybridized carbons (Fsp3) is 0.516. The number of ether oxygens (including phenoxy) is 6. The summed E-state index contributed by atoms with van der Waals surface area (Å²) in [5, 5.41) is 10.7. The lowest BCUT2D eigenvalue weighted by atomic mass is 9.71. The zero-order valence-corrected chi connectivity index (χ0v) is 24.4. The lowest BCUT2D eigenvalue weighted by molar-refractivity contribution is -0.0719. The molecule has 5 atom stereocenters. The Morgan fingerprint density at radius 1 is 1.10 bits per heavy atom. The van der Waals surface area contributed by atoms with Gasteiger partial charge in [-0.25, -0.2) is 0 Å². The number of nitrogens with two attached hydrogens (primary N) is 1. The van der Waals surface area contributed by atoms with Gasteiger partial charge in [0, 0.05) is 48.0 Å². The van der Waals surface area contributed by atoms with E-state index < -0.39 is 6.04 Å². The van der Waals surface area contributed by atoms with E-state index in [9.17, 15) is 5.26 Å². The first-order valence-electron chi connectivity index (χ1n) is 14.0. The van der Waals surface area contributed by atoms with Crippen LogP contribution >= 0.6 is 0 Å². The summed E-state index contributed by atoms with van der Waals surface area (Å²) >= 11 is 0. The molecule has 4 aliphatic rings. The number of benzene rings is 2. The van der Waals surface area contributed by atoms with Crippen LogP contribution in [0, 0.1) is 25.2 Å². The third-order valence-corrected chi connectivity index (χ3v) is 9.14. The number of methoxy groups -OCH3 is 2. The summed E-state index contributed by atoms with van der Waals surface area (Å²) in [6.45, 7) is 8.77. The van der Waals surface area contributed by atoms with Gasteiger partial charge in [0.2, 0.25) is 6.79 Å². The molecule has 4 aliphatic heterocycles. The minimum atomic E-state index is -0.390. The lowest BCUT2D eigenvalue weighted by Gasteiger charge is -2.60. The van der Waals surface area contributed by atoms with E-state index in [1.807, 2.05) is 13.8 Å². The second kappa shape index (κ2) is 10.7. The van der Waals surface area contributed by atoms with Gasteiger partial charge in [-0.2, -0.15) is 5.26 Å². The number of rotatable bonds is 8. The smallest absolute Gasteiger partial charge is 0.231 e. The Bertz CT molecular complexity index is 1420. The van der Waals surface area contributed by atoms with Gasteiger partial charge in [0.15, 0.2) is 29.8 Å². The standard InChI is InChI=1S/C31H38N4O6/c1-7-8-38-28-17(3)29-31(41-15-40-29)25-19(28)11-21-26-24-18(9-16(2)27(37-6)30(24)39-14-36-5)10-20(34(26)4)22(12-32)35(21)23(25)13-33/h7,9,20-23,26H,1,8,10-11,13-15,33H2,2-6H3/t20-,21?,22+,23+,26+/m1/s1. The van der Waals surface area contributed by atoms with Gasteiger partial charge >= 0.3 is 0 Å². The molecule has 0 spiro atoms. The van der Waals surface area contributed by atoms with E-state index in [0.29, 0.717) is 49.0 Å². The van der Waals surface area contributed by atoms with Crippen molar-refractivity contribution in [2.24, 2.45) is 5.73 Å². The van der Waals surface area contributed by atoms with Crippen LogP contribution in [0.25, 0.3) is 0 Å². The monoisotopic (exact) mass is 562 g/mol. The van der Waals surface area contributed by atoms with Crippen molar-refractivity contribution >= 4 is 0 Å². The third kappa shape index (κ3) is 3.98. The molecule has 2 aromatic carbocycles. The maximum absolute atomic E-state index is 10.7. The van der Waals surface area contributed by atoms with Gasteiger partial charge in [0.1, 0.15) is 18.4 Å². The van der Waals surface area contributed by atoms with Crippen LogP contribution in [-0.2, 0) is 17.6 Å². The quantitative estimate of drug-likeness (QED) is 0.380. The van der Waals surface area contributed by atoms with E-state index in [0.717, 1.165) is 33.6 Å². The minimum Gasteiger partial charge on any atom is -0.493 e. The molecule has 1 fully saturated rings. The highest BCUT2D eigenvalue weighted by Crippen LogP contribution is 2.58. The minimum absolute atomic E-state index is 0.0421. The van der Waals surface area contributed by atoms with Gasteiger partial charge < -0.3 is 34.2 Å². The van der Waals surface area contributed by atoms with Gasteiger partial charge in [-0.05, 0) is 44.9 Å². The zero-order valence-electron chi connectivity index (χ0n) is 24.4. The van der Waals surface area contributed by atoms with Crippen LogP contribution < -0.4 is 29.4 Å². The van der Waals surface area contributed by atoms with Crippen molar-refractivity contribution in [3.8, 4) is 34.8 Å². The predicted octanol–water partition coefficient (Wildman–Crippen LogP) is 3.32. The fourth-order valence-electron chi connectivity index (χ4n) is 7.64. The summed E-state index contributed by atoms with van der Waals surface area (Å²) in [7, 11) is 5.38. The zero-order chi connectivity index (χ0) is 29.0. The summed E-state index contributed by atoms with van der Waals surface area (Å²) in [5.41, 5.74) is 12.7. The second-order valence-corrected chi connectivity index (χ2v) is 11.1. The molecule has 10 heteroatoms. The average Bonchev–Trinajstić information content (AvgIpc) is 3.46. The number of piperazine rings is 1. The fourth-order valence-corrected chi connectivity index (χ4v) is 7.64.